The Balaban J connectivity index is 2.25. The Kier molecular flexibility index (Phi) is 2.99. The fraction of sp³-hybridized carbons (Fsp3) is 0.200. The maximum Gasteiger partial charge on any atom is 0.164 e. The monoisotopic (exact) mass is 255 g/mol. The van der Waals surface area contributed by atoms with Gasteiger partial charge in [0.15, 0.2) is 5.82 Å². The molecule has 3 rings (SSSR count). The zero-order valence-corrected chi connectivity index (χ0v) is 10.7. The fourth-order valence-electron chi connectivity index (χ4n) is 2.33. The molecular formula is C15H14FN3. The molecule has 1 heterocycles. The van der Waals surface area contributed by atoms with Crippen LogP contribution in [0.2, 0.25) is 0 Å². The summed E-state index contributed by atoms with van der Waals surface area (Å²) in [7, 11) is 0. The summed E-state index contributed by atoms with van der Waals surface area (Å²) >= 11 is 0. The number of aromatic nitrogens is 3. The first-order valence-corrected chi connectivity index (χ1v) is 6.36. The van der Waals surface area contributed by atoms with Crippen LogP contribution >= 0.6 is 0 Å². The van der Waals surface area contributed by atoms with E-state index in [1.54, 1.807) is 18.5 Å². The Labute approximate surface area is 110 Å². The van der Waals surface area contributed by atoms with Crippen molar-refractivity contribution < 1.29 is 4.39 Å². The number of halogens is 1. The van der Waals surface area contributed by atoms with Gasteiger partial charge in [0.2, 0.25) is 0 Å². The molecule has 3 aromatic rings. The second kappa shape index (κ2) is 4.80. The van der Waals surface area contributed by atoms with Gasteiger partial charge in [-0.15, -0.1) is 10.2 Å². The Morgan fingerprint density at radius 1 is 1.11 bits per heavy atom. The molecule has 0 saturated carbocycles. The first-order chi connectivity index (χ1) is 9.31. The van der Waals surface area contributed by atoms with Crippen LogP contribution < -0.4 is 0 Å². The Hall–Kier alpha value is -2.23. The van der Waals surface area contributed by atoms with Crippen LogP contribution in [0.15, 0.2) is 42.7 Å². The summed E-state index contributed by atoms with van der Waals surface area (Å²) < 4.78 is 15.8. The highest BCUT2D eigenvalue weighted by atomic mass is 19.1. The number of hydrogen-bond acceptors (Lipinski definition) is 2. The molecule has 0 spiro atoms. The molecule has 0 fully saturated rings. The van der Waals surface area contributed by atoms with Crippen LogP contribution in [0, 0.1) is 5.82 Å². The first-order valence-electron chi connectivity index (χ1n) is 6.36. The molecule has 0 N–H and O–H groups in total. The van der Waals surface area contributed by atoms with Gasteiger partial charge >= 0.3 is 0 Å². The van der Waals surface area contributed by atoms with Gasteiger partial charge in [-0.05, 0) is 23.9 Å². The molecule has 0 radical (unpaired) electrons. The Bertz CT molecular complexity index is 718. The summed E-state index contributed by atoms with van der Waals surface area (Å²) in [5.74, 6) is 0.582. The normalized spacial score (nSPS) is 11.1. The highest BCUT2D eigenvalue weighted by Gasteiger charge is 2.12. The minimum absolute atomic E-state index is 0.207. The summed E-state index contributed by atoms with van der Waals surface area (Å²) in [6.07, 6.45) is 2.72. The maximum absolute atomic E-state index is 13.8. The molecule has 4 heteroatoms. The standard InChI is InChI=1S/C15H14FN3/c1-2-9-19-10-17-18-15(19)13-7-8-14(16)12-6-4-3-5-11(12)13/h3-8,10H,2,9H2,1H3. The first kappa shape index (κ1) is 11.8. The number of benzene rings is 2. The summed E-state index contributed by atoms with van der Waals surface area (Å²) in [4.78, 5) is 0. The quantitative estimate of drug-likeness (QED) is 0.715. The van der Waals surface area contributed by atoms with Crippen molar-refractivity contribution in [3.05, 3.63) is 48.5 Å². The number of aryl methyl sites for hydroxylation is 1. The van der Waals surface area contributed by atoms with E-state index in [1.807, 2.05) is 22.8 Å². The van der Waals surface area contributed by atoms with Gasteiger partial charge < -0.3 is 4.57 Å². The van der Waals surface area contributed by atoms with E-state index in [4.69, 9.17) is 0 Å². The highest BCUT2D eigenvalue weighted by molar-refractivity contribution is 5.95. The van der Waals surface area contributed by atoms with Crippen LogP contribution in [0.1, 0.15) is 13.3 Å². The lowest BCUT2D eigenvalue weighted by Crippen LogP contribution is -1.99. The van der Waals surface area contributed by atoms with Crippen molar-refractivity contribution in [1.82, 2.24) is 14.8 Å². The average molecular weight is 255 g/mol. The van der Waals surface area contributed by atoms with Crippen molar-refractivity contribution in [3.63, 3.8) is 0 Å². The highest BCUT2D eigenvalue weighted by Crippen LogP contribution is 2.28. The molecule has 0 bridgehead atoms. The number of nitrogens with zero attached hydrogens (tertiary/aromatic N) is 3. The molecule has 2 aromatic carbocycles. The van der Waals surface area contributed by atoms with Gasteiger partial charge in [-0.1, -0.05) is 31.2 Å². The number of hydrogen-bond donors (Lipinski definition) is 0. The third-order valence-corrected chi connectivity index (χ3v) is 3.19. The lowest BCUT2D eigenvalue weighted by Gasteiger charge is -2.08. The Morgan fingerprint density at radius 2 is 1.89 bits per heavy atom. The molecule has 3 nitrogen and oxygen atoms in total. The van der Waals surface area contributed by atoms with Gasteiger partial charge in [-0.25, -0.2) is 4.39 Å². The summed E-state index contributed by atoms with van der Waals surface area (Å²) in [6, 6.07) is 10.7. The smallest absolute Gasteiger partial charge is 0.164 e. The zero-order chi connectivity index (χ0) is 13.2. The molecule has 96 valence electrons. The third kappa shape index (κ3) is 1.99. The van der Waals surface area contributed by atoms with Crippen LogP contribution in [-0.4, -0.2) is 14.8 Å². The van der Waals surface area contributed by atoms with Gasteiger partial charge in [-0.3, -0.25) is 0 Å². The topological polar surface area (TPSA) is 30.7 Å². The molecule has 0 unspecified atom stereocenters. The van der Waals surface area contributed by atoms with Crippen LogP contribution in [0.25, 0.3) is 22.2 Å². The van der Waals surface area contributed by atoms with Gasteiger partial charge in [0.1, 0.15) is 12.1 Å². The zero-order valence-electron chi connectivity index (χ0n) is 10.7. The molecule has 0 aliphatic rings. The van der Waals surface area contributed by atoms with E-state index in [1.165, 1.54) is 6.07 Å². The lowest BCUT2D eigenvalue weighted by atomic mass is 10.0. The second-order valence-corrected chi connectivity index (χ2v) is 4.49. The maximum atomic E-state index is 13.8. The van der Waals surface area contributed by atoms with E-state index >= 15 is 0 Å². The van der Waals surface area contributed by atoms with Gasteiger partial charge in [0, 0.05) is 17.5 Å². The molecular weight excluding hydrogens is 241 g/mol. The number of fused-ring (bicyclic) bond motifs is 1. The molecule has 0 saturated heterocycles. The van der Waals surface area contributed by atoms with E-state index in [2.05, 4.69) is 17.1 Å². The van der Waals surface area contributed by atoms with Crippen molar-refractivity contribution >= 4 is 10.8 Å². The van der Waals surface area contributed by atoms with Crippen molar-refractivity contribution in [2.75, 3.05) is 0 Å². The van der Waals surface area contributed by atoms with E-state index in [-0.39, 0.29) is 5.82 Å². The van der Waals surface area contributed by atoms with Crippen molar-refractivity contribution in [3.8, 4) is 11.4 Å². The summed E-state index contributed by atoms with van der Waals surface area (Å²) in [5, 5.41) is 9.63. The lowest BCUT2D eigenvalue weighted by molar-refractivity contribution is 0.639. The SMILES string of the molecule is CCCn1cnnc1-c1ccc(F)c2ccccc12. The van der Waals surface area contributed by atoms with Crippen LogP contribution in [0.4, 0.5) is 4.39 Å². The van der Waals surface area contributed by atoms with E-state index in [0.29, 0.717) is 5.39 Å². The Morgan fingerprint density at radius 3 is 2.68 bits per heavy atom. The van der Waals surface area contributed by atoms with Gasteiger partial charge in [0.25, 0.3) is 0 Å². The third-order valence-electron chi connectivity index (χ3n) is 3.19. The van der Waals surface area contributed by atoms with Gasteiger partial charge in [-0.2, -0.15) is 0 Å². The summed E-state index contributed by atoms with van der Waals surface area (Å²) in [5.41, 5.74) is 0.919. The largest absolute Gasteiger partial charge is 0.314 e. The minimum Gasteiger partial charge on any atom is -0.314 e. The van der Waals surface area contributed by atoms with E-state index < -0.39 is 0 Å². The molecule has 0 amide bonds. The van der Waals surface area contributed by atoms with Crippen molar-refractivity contribution in [2.24, 2.45) is 0 Å². The molecule has 1 aromatic heterocycles. The van der Waals surface area contributed by atoms with Crippen molar-refractivity contribution in [1.29, 1.82) is 0 Å². The van der Waals surface area contributed by atoms with Crippen LogP contribution in [0.3, 0.4) is 0 Å². The second-order valence-electron chi connectivity index (χ2n) is 4.49. The van der Waals surface area contributed by atoms with Crippen LogP contribution in [0.5, 0.6) is 0 Å². The van der Waals surface area contributed by atoms with Gasteiger partial charge in [0.05, 0.1) is 0 Å². The molecule has 0 aliphatic heterocycles. The predicted octanol–water partition coefficient (Wildman–Crippen LogP) is 3.65. The van der Waals surface area contributed by atoms with E-state index in [9.17, 15) is 4.39 Å². The molecule has 0 aliphatic carbocycles. The van der Waals surface area contributed by atoms with E-state index in [0.717, 1.165) is 29.7 Å². The summed E-state index contributed by atoms with van der Waals surface area (Å²) in [6.45, 7) is 2.96. The molecule has 0 atom stereocenters. The average Bonchev–Trinajstić information content (AvgIpc) is 2.88. The van der Waals surface area contributed by atoms with Crippen LogP contribution in [-0.2, 0) is 6.54 Å². The predicted molar refractivity (Wildman–Crippen MR) is 73.2 cm³/mol. The molecule has 19 heavy (non-hydrogen) atoms. The fourth-order valence-corrected chi connectivity index (χ4v) is 2.33. The number of rotatable bonds is 3. The van der Waals surface area contributed by atoms with Crippen molar-refractivity contribution in [2.45, 2.75) is 19.9 Å². The minimum atomic E-state index is -0.207.